The Balaban J connectivity index is 1.18. The van der Waals surface area contributed by atoms with Gasteiger partial charge in [0.1, 0.15) is 23.3 Å². The molecule has 4 aromatic heterocycles. The molecule has 5 aromatic rings. The molecule has 50 heavy (non-hydrogen) atoms. The van der Waals surface area contributed by atoms with Gasteiger partial charge in [-0.15, -0.1) is 11.3 Å². The SMILES string of the molecule is Cc1nc2cnc(N(C)C3CCC(N4CC(F)(F)C4)CC3)c(C#N)c2c(=O)n1CC#Cc1ccc(Cl)cc1-c1ccnc2c(C(=O)O)csc12. The molecule has 1 N–H and O–H groups in total. The summed E-state index contributed by atoms with van der Waals surface area (Å²) in [5, 5.41) is 22.1. The molecular weight excluding hydrogens is 684 g/mol. The van der Waals surface area contributed by atoms with Crippen LogP contribution in [0.1, 0.15) is 53.0 Å². The maximum atomic E-state index is 14.0. The van der Waals surface area contributed by atoms with Crippen molar-refractivity contribution >= 4 is 55.8 Å². The van der Waals surface area contributed by atoms with Crippen LogP contribution in [0.3, 0.4) is 0 Å². The minimum atomic E-state index is -2.60. The normalized spacial score (nSPS) is 18.6. The van der Waals surface area contributed by atoms with E-state index >= 15 is 0 Å². The van der Waals surface area contributed by atoms with Crippen molar-refractivity contribution in [2.24, 2.45) is 0 Å². The van der Waals surface area contributed by atoms with E-state index in [9.17, 15) is 28.7 Å². The van der Waals surface area contributed by atoms with E-state index in [1.54, 1.807) is 42.8 Å². The Hall–Kier alpha value is -4.95. The average Bonchev–Trinajstić information content (AvgIpc) is 3.53. The van der Waals surface area contributed by atoms with Gasteiger partial charge in [-0.1, -0.05) is 23.4 Å². The number of carboxylic acids is 1. The van der Waals surface area contributed by atoms with Gasteiger partial charge in [0.2, 0.25) is 0 Å². The highest BCUT2D eigenvalue weighted by Gasteiger charge is 2.47. The Morgan fingerprint density at radius 1 is 1.18 bits per heavy atom. The van der Waals surface area contributed by atoms with Crippen LogP contribution < -0.4 is 10.5 Å². The fourth-order valence-electron chi connectivity index (χ4n) is 7.02. The summed E-state index contributed by atoms with van der Waals surface area (Å²) >= 11 is 7.65. The van der Waals surface area contributed by atoms with Gasteiger partial charge >= 0.3 is 5.97 Å². The molecule has 0 spiro atoms. The smallest absolute Gasteiger partial charge is 0.338 e. The third-order valence-electron chi connectivity index (χ3n) is 9.63. The number of carboxylic acid groups (broad SMARTS) is 1. The van der Waals surface area contributed by atoms with Gasteiger partial charge < -0.3 is 10.0 Å². The van der Waals surface area contributed by atoms with Crippen LogP contribution in [0.15, 0.2) is 46.8 Å². The van der Waals surface area contributed by atoms with Crippen LogP contribution in [0, 0.1) is 30.1 Å². The molecule has 0 unspecified atom stereocenters. The van der Waals surface area contributed by atoms with Crippen molar-refractivity contribution in [3.63, 3.8) is 0 Å². The molecule has 2 aliphatic rings. The van der Waals surface area contributed by atoms with Gasteiger partial charge in [-0.25, -0.2) is 23.5 Å². The van der Waals surface area contributed by atoms with Gasteiger partial charge in [0.15, 0.2) is 0 Å². The Bertz CT molecular complexity index is 2340. The number of rotatable bonds is 6. The lowest BCUT2D eigenvalue weighted by atomic mass is 9.87. The second-order valence-electron chi connectivity index (χ2n) is 12.7. The zero-order valence-electron chi connectivity index (χ0n) is 27.1. The van der Waals surface area contributed by atoms with Crippen LogP contribution >= 0.6 is 22.9 Å². The number of likely N-dealkylation sites (tertiary alicyclic amines) is 1. The second kappa shape index (κ2) is 13.1. The Kier molecular flexibility index (Phi) is 8.76. The van der Waals surface area contributed by atoms with Gasteiger partial charge in [0.05, 0.1) is 52.5 Å². The summed E-state index contributed by atoms with van der Waals surface area (Å²) in [6.45, 7) is 1.30. The van der Waals surface area contributed by atoms with E-state index in [0.717, 1.165) is 31.2 Å². The molecule has 7 rings (SSSR count). The third kappa shape index (κ3) is 6.06. The first-order valence-electron chi connectivity index (χ1n) is 16.0. The van der Waals surface area contributed by atoms with Crippen molar-refractivity contribution in [1.82, 2.24) is 24.4 Å². The summed E-state index contributed by atoms with van der Waals surface area (Å²) in [5.41, 5.74) is 2.57. The van der Waals surface area contributed by atoms with Gasteiger partial charge in [-0.2, -0.15) is 5.26 Å². The molecule has 1 saturated heterocycles. The minimum absolute atomic E-state index is 0.0124. The van der Waals surface area contributed by atoms with E-state index in [-0.39, 0.29) is 48.2 Å². The van der Waals surface area contributed by atoms with Crippen molar-refractivity contribution < 1.29 is 18.7 Å². The highest BCUT2D eigenvalue weighted by Crippen LogP contribution is 2.38. The fraction of sp³-hybridized carbons (Fsp3) is 0.333. The molecule has 254 valence electrons. The Morgan fingerprint density at radius 2 is 1.94 bits per heavy atom. The first kappa shape index (κ1) is 33.5. The first-order chi connectivity index (χ1) is 24.0. The molecule has 1 aliphatic heterocycles. The van der Waals surface area contributed by atoms with Crippen LogP contribution in [0.25, 0.3) is 32.2 Å². The number of anilines is 1. The quantitative estimate of drug-likeness (QED) is 0.200. The lowest BCUT2D eigenvalue weighted by Gasteiger charge is -2.47. The molecular formula is C36H30ClF2N7O3S. The first-order valence-corrected chi connectivity index (χ1v) is 17.2. The van der Waals surface area contributed by atoms with Crippen molar-refractivity contribution in [2.45, 2.75) is 57.2 Å². The summed E-state index contributed by atoms with van der Waals surface area (Å²) in [4.78, 5) is 42.9. The van der Waals surface area contributed by atoms with E-state index in [4.69, 9.17) is 11.6 Å². The van der Waals surface area contributed by atoms with E-state index in [0.29, 0.717) is 43.5 Å². The minimum Gasteiger partial charge on any atom is -0.478 e. The summed E-state index contributed by atoms with van der Waals surface area (Å²) in [7, 11) is 1.85. The van der Waals surface area contributed by atoms with Crippen LogP contribution in [-0.2, 0) is 6.54 Å². The van der Waals surface area contributed by atoms with Gasteiger partial charge in [0, 0.05) is 52.4 Å². The number of hydrogen-bond acceptors (Lipinski definition) is 9. The summed E-state index contributed by atoms with van der Waals surface area (Å²) in [6.07, 6.45) is 6.11. The lowest BCUT2D eigenvalue weighted by molar-refractivity contribution is -0.149. The van der Waals surface area contributed by atoms with E-state index in [1.165, 1.54) is 22.1 Å². The molecule has 1 aliphatic carbocycles. The standard InChI is InChI=1S/C36H30ClF2N7O3S/c1-20-43-29-16-42-33(44(2)23-7-9-24(10-8-23)45-18-36(38,39)19-45)27(15-40)30(29)34(47)46(20)13-3-4-21-5-6-22(37)14-26(21)25-11-12-41-31-28(35(48)49)17-50-32(25)31/h5-6,11-12,14,16-17,23-24H,7-10,13,18-19H2,1-2H3,(H,48,49). The highest BCUT2D eigenvalue weighted by atomic mass is 35.5. The predicted molar refractivity (Wildman–Crippen MR) is 188 cm³/mol. The molecule has 0 bridgehead atoms. The van der Waals surface area contributed by atoms with Crippen LogP contribution in [-0.4, -0.2) is 73.6 Å². The number of pyridine rings is 2. The Morgan fingerprint density at radius 3 is 2.64 bits per heavy atom. The number of aromatic nitrogens is 4. The molecule has 14 heteroatoms. The molecule has 1 saturated carbocycles. The highest BCUT2D eigenvalue weighted by molar-refractivity contribution is 7.18. The summed E-state index contributed by atoms with van der Waals surface area (Å²) in [5.74, 6) is 3.37. The molecule has 5 heterocycles. The van der Waals surface area contributed by atoms with Gasteiger partial charge in [-0.3, -0.25) is 19.2 Å². The van der Waals surface area contributed by atoms with Gasteiger partial charge in [0.25, 0.3) is 11.5 Å². The maximum Gasteiger partial charge on any atom is 0.338 e. The van der Waals surface area contributed by atoms with Crippen molar-refractivity contribution in [1.29, 1.82) is 5.26 Å². The van der Waals surface area contributed by atoms with Crippen LogP contribution in [0.4, 0.5) is 14.6 Å². The molecule has 0 amide bonds. The van der Waals surface area contributed by atoms with E-state index < -0.39 is 17.5 Å². The fourth-order valence-corrected chi connectivity index (χ4v) is 8.22. The zero-order chi connectivity index (χ0) is 35.3. The third-order valence-corrected chi connectivity index (χ3v) is 10.9. The predicted octanol–water partition coefficient (Wildman–Crippen LogP) is 6.35. The topological polar surface area (TPSA) is 128 Å². The average molecular weight is 714 g/mol. The maximum absolute atomic E-state index is 14.0. The molecule has 0 radical (unpaired) electrons. The number of halogens is 3. The number of nitrogens with zero attached hydrogens (tertiary/aromatic N) is 7. The number of hydrogen-bond donors (Lipinski definition) is 1. The number of aromatic carboxylic acids is 1. The molecule has 10 nitrogen and oxygen atoms in total. The number of carbonyl (C=O) groups is 1. The summed E-state index contributed by atoms with van der Waals surface area (Å²) in [6, 6.07) is 9.38. The Labute approximate surface area is 294 Å². The monoisotopic (exact) mass is 713 g/mol. The lowest BCUT2D eigenvalue weighted by Crippen LogP contribution is -2.60. The summed E-state index contributed by atoms with van der Waals surface area (Å²) < 4.78 is 29.0. The largest absolute Gasteiger partial charge is 0.478 e. The number of thiophene rings is 1. The van der Waals surface area contributed by atoms with Crippen molar-refractivity contribution in [3.05, 3.63) is 79.9 Å². The number of benzene rings is 1. The van der Waals surface area contributed by atoms with Crippen molar-refractivity contribution in [3.8, 4) is 29.0 Å². The van der Waals surface area contributed by atoms with Crippen molar-refractivity contribution in [2.75, 3.05) is 25.0 Å². The zero-order valence-corrected chi connectivity index (χ0v) is 28.7. The number of fused-ring (bicyclic) bond motifs is 2. The molecule has 1 aromatic carbocycles. The van der Waals surface area contributed by atoms with Crippen LogP contribution in [0.5, 0.6) is 0 Å². The number of aryl methyl sites for hydroxylation is 1. The number of nitriles is 1. The van der Waals surface area contributed by atoms with Crippen LogP contribution in [0.2, 0.25) is 5.02 Å². The van der Waals surface area contributed by atoms with E-state index in [2.05, 4.69) is 32.9 Å². The molecule has 2 fully saturated rings. The second-order valence-corrected chi connectivity index (χ2v) is 14.0. The number of alkyl halides is 2. The molecule has 0 atom stereocenters. The van der Waals surface area contributed by atoms with E-state index in [1.807, 2.05) is 16.8 Å². The van der Waals surface area contributed by atoms with Gasteiger partial charge in [-0.05, 0) is 56.9 Å².